The van der Waals surface area contributed by atoms with Crippen LogP contribution in [0.25, 0.3) is 0 Å². The van der Waals surface area contributed by atoms with Gasteiger partial charge in [0, 0.05) is 17.0 Å². The lowest BCUT2D eigenvalue weighted by atomic mass is 9.92. The van der Waals surface area contributed by atoms with E-state index in [0.717, 1.165) is 10.9 Å². The van der Waals surface area contributed by atoms with E-state index >= 15 is 0 Å². The first-order valence-corrected chi connectivity index (χ1v) is 9.45. The monoisotopic (exact) mass is 317 g/mol. The molecule has 0 bridgehead atoms. The van der Waals surface area contributed by atoms with E-state index in [0.29, 0.717) is 0 Å². The summed E-state index contributed by atoms with van der Waals surface area (Å²) in [4.78, 5) is 7.49. The van der Waals surface area contributed by atoms with E-state index in [1.807, 2.05) is 11.8 Å². The van der Waals surface area contributed by atoms with Crippen LogP contribution < -0.4 is 5.32 Å². The molecule has 0 saturated carbocycles. The fraction of sp³-hybridized carbons (Fsp3) is 0.611. The molecule has 3 nitrogen and oxygen atoms in total. The predicted molar refractivity (Wildman–Crippen MR) is 97.9 cm³/mol. The number of fused-ring (bicyclic) bond motifs is 1. The van der Waals surface area contributed by atoms with Gasteiger partial charge in [-0.2, -0.15) is 0 Å². The number of benzene rings is 1. The first-order chi connectivity index (χ1) is 10.6. The molecule has 1 saturated heterocycles. The summed E-state index contributed by atoms with van der Waals surface area (Å²) < 4.78 is 0. The van der Waals surface area contributed by atoms with Crippen LogP contribution in [0.15, 0.2) is 29.3 Å². The Labute approximate surface area is 138 Å². The molecule has 2 heterocycles. The molecule has 0 unspecified atom stereocenters. The zero-order chi connectivity index (χ0) is 15.4. The first-order valence-electron chi connectivity index (χ1n) is 8.47. The van der Waals surface area contributed by atoms with Gasteiger partial charge < -0.3 is 10.2 Å². The van der Waals surface area contributed by atoms with E-state index in [2.05, 4.69) is 48.3 Å². The summed E-state index contributed by atoms with van der Waals surface area (Å²) in [5.74, 6) is 1.15. The Kier molecular flexibility index (Phi) is 5.09. The fourth-order valence-electron chi connectivity index (χ4n) is 3.26. The van der Waals surface area contributed by atoms with E-state index in [1.165, 1.54) is 56.6 Å². The highest BCUT2D eigenvalue weighted by Gasteiger charge is 2.27. The number of hydrogen-bond acceptors (Lipinski definition) is 4. The lowest BCUT2D eigenvalue weighted by molar-refractivity contribution is 0.333. The van der Waals surface area contributed by atoms with Gasteiger partial charge in [-0.3, -0.25) is 4.99 Å². The van der Waals surface area contributed by atoms with Crippen LogP contribution in [0.3, 0.4) is 0 Å². The Bertz CT molecular complexity index is 533. The zero-order valence-corrected chi connectivity index (χ0v) is 14.6. The molecule has 2 aliphatic rings. The number of hydrogen-bond donors (Lipinski definition) is 1. The van der Waals surface area contributed by atoms with Crippen molar-refractivity contribution in [1.82, 2.24) is 4.90 Å². The van der Waals surface area contributed by atoms with Gasteiger partial charge in [0.2, 0.25) is 0 Å². The van der Waals surface area contributed by atoms with Gasteiger partial charge >= 0.3 is 0 Å². The Balaban J connectivity index is 1.46. The van der Waals surface area contributed by atoms with Gasteiger partial charge in [0.05, 0.1) is 5.54 Å². The molecule has 0 amide bonds. The maximum Gasteiger partial charge on any atom is 0.161 e. The molecule has 4 heteroatoms. The second-order valence-corrected chi connectivity index (χ2v) is 7.83. The highest BCUT2D eigenvalue weighted by atomic mass is 32.2. The number of nitrogens with one attached hydrogen (secondary N) is 1. The van der Waals surface area contributed by atoms with Crippen molar-refractivity contribution < 1.29 is 0 Å². The number of unbranched alkanes of at least 4 members (excludes halogenated alkanes) is 1. The number of nitrogens with zero attached hydrogens (tertiary/aromatic N) is 2. The number of aliphatic imine (C=N–C) groups is 1. The number of anilines is 1. The molecule has 22 heavy (non-hydrogen) atoms. The SMILES string of the molecule is CC1(C)N=C(SCCCCN2CCCC2)Nc2ccccc21. The minimum atomic E-state index is -0.125. The molecular weight excluding hydrogens is 290 g/mol. The third-order valence-electron chi connectivity index (χ3n) is 4.51. The largest absolute Gasteiger partial charge is 0.335 e. The van der Waals surface area contributed by atoms with E-state index in [4.69, 9.17) is 4.99 Å². The standard InChI is InChI=1S/C18H27N3S/c1-18(2)15-9-3-4-10-16(15)19-17(20-18)22-14-8-7-13-21-11-5-6-12-21/h3-4,9-10H,5-8,11-14H2,1-2H3,(H,19,20). The maximum absolute atomic E-state index is 4.89. The van der Waals surface area contributed by atoms with Crippen LogP contribution in [0.4, 0.5) is 5.69 Å². The Morgan fingerprint density at radius 3 is 2.77 bits per heavy atom. The molecular formula is C18H27N3S. The molecule has 0 atom stereocenters. The molecule has 3 rings (SSSR count). The molecule has 1 aromatic carbocycles. The predicted octanol–water partition coefficient (Wildman–Crippen LogP) is 4.31. The van der Waals surface area contributed by atoms with Crippen LogP contribution in [0.5, 0.6) is 0 Å². The van der Waals surface area contributed by atoms with E-state index in [9.17, 15) is 0 Å². The summed E-state index contributed by atoms with van der Waals surface area (Å²) in [5, 5.41) is 4.56. The molecule has 1 N–H and O–H groups in total. The van der Waals surface area contributed by atoms with E-state index in [-0.39, 0.29) is 5.54 Å². The fourth-order valence-corrected chi connectivity index (χ4v) is 4.28. The summed E-state index contributed by atoms with van der Waals surface area (Å²) >= 11 is 1.87. The molecule has 2 aliphatic heterocycles. The minimum absolute atomic E-state index is 0.125. The first kappa shape index (κ1) is 15.9. The summed E-state index contributed by atoms with van der Waals surface area (Å²) in [6.07, 6.45) is 5.36. The number of thioether (sulfide) groups is 1. The average Bonchev–Trinajstić information content (AvgIpc) is 2.99. The molecule has 0 aliphatic carbocycles. The van der Waals surface area contributed by atoms with Crippen molar-refractivity contribution in [3.8, 4) is 0 Å². The van der Waals surface area contributed by atoms with Gasteiger partial charge in [0.1, 0.15) is 0 Å². The second-order valence-electron chi connectivity index (χ2n) is 6.75. The summed E-state index contributed by atoms with van der Waals surface area (Å²) in [6, 6.07) is 8.50. The lowest BCUT2D eigenvalue weighted by Crippen LogP contribution is -2.27. The van der Waals surface area contributed by atoms with Crippen molar-refractivity contribution in [3.05, 3.63) is 29.8 Å². The van der Waals surface area contributed by atoms with Gasteiger partial charge in [-0.15, -0.1) is 0 Å². The van der Waals surface area contributed by atoms with Gasteiger partial charge in [0.15, 0.2) is 5.17 Å². The molecule has 0 spiro atoms. The second kappa shape index (κ2) is 7.05. The van der Waals surface area contributed by atoms with Crippen LogP contribution in [-0.4, -0.2) is 35.5 Å². The normalized spacial score (nSPS) is 20.4. The Morgan fingerprint density at radius 1 is 1.18 bits per heavy atom. The quantitative estimate of drug-likeness (QED) is 0.820. The van der Waals surface area contributed by atoms with Crippen LogP contribution in [0.1, 0.15) is 45.1 Å². The van der Waals surface area contributed by atoms with Crippen LogP contribution in [-0.2, 0) is 5.54 Å². The smallest absolute Gasteiger partial charge is 0.161 e. The highest BCUT2D eigenvalue weighted by molar-refractivity contribution is 8.14. The zero-order valence-electron chi connectivity index (χ0n) is 13.8. The Morgan fingerprint density at radius 2 is 1.95 bits per heavy atom. The van der Waals surface area contributed by atoms with Crippen LogP contribution in [0, 0.1) is 0 Å². The third kappa shape index (κ3) is 3.85. The van der Waals surface area contributed by atoms with Crippen molar-refractivity contribution in [2.45, 2.75) is 45.1 Å². The molecule has 120 valence electrons. The lowest BCUT2D eigenvalue weighted by Gasteiger charge is -2.30. The van der Waals surface area contributed by atoms with Crippen LogP contribution in [0.2, 0.25) is 0 Å². The molecule has 1 aromatic rings. The highest BCUT2D eigenvalue weighted by Crippen LogP contribution is 2.36. The van der Waals surface area contributed by atoms with Crippen molar-refractivity contribution >= 4 is 22.6 Å². The minimum Gasteiger partial charge on any atom is -0.335 e. The van der Waals surface area contributed by atoms with Gasteiger partial charge in [-0.05, 0) is 65.2 Å². The Hall–Kier alpha value is -1.00. The maximum atomic E-state index is 4.89. The number of likely N-dealkylation sites (tertiary alicyclic amines) is 1. The molecule has 0 radical (unpaired) electrons. The van der Waals surface area contributed by atoms with E-state index in [1.54, 1.807) is 0 Å². The van der Waals surface area contributed by atoms with Crippen LogP contribution >= 0.6 is 11.8 Å². The summed E-state index contributed by atoms with van der Waals surface area (Å²) in [7, 11) is 0. The average molecular weight is 318 g/mol. The van der Waals surface area contributed by atoms with E-state index < -0.39 is 0 Å². The molecule has 1 fully saturated rings. The third-order valence-corrected chi connectivity index (χ3v) is 5.47. The van der Waals surface area contributed by atoms with Crippen molar-refractivity contribution in [2.24, 2.45) is 4.99 Å². The number of rotatable bonds is 5. The van der Waals surface area contributed by atoms with Gasteiger partial charge in [-0.1, -0.05) is 30.0 Å². The van der Waals surface area contributed by atoms with Gasteiger partial charge in [-0.25, -0.2) is 0 Å². The van der Waals surface area contributed by atoms with Crippen molar-refractivity contribution in [3.63, 3.8) is 0 Å². The number of amidine groups is 1. The van der Waals surface area contributed by atoms with Crippen molar-refractivity contribution in [2.75, 3.05) is 30.7 Å². The topological polar surface area (TPSA) is 27.6 Å². The van der Waals surface area contributed by atoms with Gasteiger partial charge in [0.25, 0.3) is 0 Å². The number of para-hydroxylation sites is 1. The summed E-state index contributed by atoms with van der Waals surface area (Å²) in [6.45, 7) is 8.29. The van der Waals surface area contributed by atoms with Crippen molar-refractivity contribution in [1.29, 1.82) is 0 Å². The molecule has 0 aromatic heterocycles. The summed E-state index contributed by atoms with van der Waals surface area (Å²) in [5.41, 5.74) is 2.37.